The maximum absolute atomic E-state index is 12.4. The number of benzene rings is 3. The molecular formula is C25H21ClN4O3. The monoisotopic (exact) mass is 460 g/mol. The van der Waals surface area contributed by atoms with Crippen molar-refractivity contribution in [1.82, 2.24) is 15.6 Å². The molecule has 8 heteroatoms. The summed E-state index contributed by atoms with van der Waals surface area (Å²) in [5.41, 5.74) is 6.23. The topological polar surface area (TPSA) is 99.6 Å². The Hall–Kier alpha value is -4.10. The summed E-state index contributed by atoms with van der Waals surface area (Å²) in [4.78, 5) is 12.4. The lowest BCUT2D eigenvalue weighted by molar-refractivity contribution is 0.0950. The number of H-pyrrole nitrogens is 1. The van der Waals surface area contributed by atoms with Crippen molar-refractivity contribution >= 4 is 23.2 Å². The Bertz CT molecular complexity index is 1280. The molecule has 1 aromatic heterocycles. The van der Waals surface area contributed by atoms with Crippen LogP contribution in [0.3, 0.4) is 0 Å². The molecule has 1 amide bonds. The number of phenolic OH excluding ortho intramolecular Hbond substituents is 1. The minimum absolute atomic E-state index is 0.0948. The lowest BCUT2D eigenvalue weighted by Crippen LogP contribution is -2.19. The SMILES string of the molecule is CC(=NNC(=O)c1cc(-c2ccc(OCc3ccc(Cl)cc3)cc2)n[nH]1)c1ccccc1O. The third-order valence-corrected chi connectivity index (χ3v) is 5.16. The number of nitrogens with one attached hydrogen (secondary N) is 2. The van der Waals surface area contributed by atoms with E-state index in [0.717, 1.165) is 16.9 Å². The molecule has 4 rings (SSSR count). The van der Waals surface area contributed by atoms with E-state index in [0.29, 0.717) is 28.6 Å². The average Bonchev–Trinajstić information content (AvgIpc) is 3.33. The highest BCUT2D eigenvalue weighted by Crippen LogP contribution is 2.22. The highest BCUT2D eigenvalue weighted by Gasteiger charge is 2.12. The number of rotatable bonds is 7. The number of nitrogens with zero attached hydrogens (tertiary/aromatic N) is 2. The van der Waals surface area contributed by atoms with E-state index in [2.05, 4.69) is 20.7 Å². The van der Waals surface area contributed by atoms with Crippen LogP contribution < -0.4 is 10.2 Å². The summed E-state index contributed by atoms with van der Waals surface area (Å²) in [6.45, 7) is 2.13. The van der Waals surface area contributed by atoms with E-state index in [9.17, 15) is 9.90 Å². The Morgan fingerprint density at radius 3 is 2.55 bits per heavy atom. The molecule has 0 aliphatic carbocycles. The molecule has 7 nitrogen and oxygen atoms in total. The van der Waals surface area contributed by atoms with Gasteiger partial charge in [0, 0.05) is 16.1 Å². The van der Waals surface area contributed by atoms with E-state index in [1.165, 1.54) is 0 Å². The van der Waals surface area contributed by atoms with Gasteiger partial charge in [-0.3, -0.25) is 9.89 Å². The molecule has 33 heavy (non-hydrogen) atoms. The summed E-state index contributed by atoms with van der Waals surface area (Å²) in [6, 6.07) is 23.3. The first kappa shape index (κ1) is 22.1. The van der Waals surface area contributed by atoms with Crippen LogP contribution in [0.5, 0.6) is 11.5 Å². The summed E-state index contributed by atoms with van der Waals surface area (Å²) in [7, 11) is 0. The van der Waals surface area contributed by atoms with Crippen LogP contribution in [0, 0.1) is 0 Å². The van der Waals surface area contributed by atoms with Crippen molar-refractivity contribution < 1.29 is 14.6 Å². The summed E-state index contributed by atoms with van der Waals surface area (Å²) < 4.78 is 5.80. The molecule has 0 bridgehead atoms. The molecule has 0 saturated heterocycles. The number of ether oxygens (including phenoxy) is 1. The molecule has 1 heterocycles. The average molecular weight is 461 g/mol. The van der Waals surface area contributed by atoms with Crippen molar-refractivity contribution in [2.24, 2.45) is 5.10 Å². The van der Waals surface area contributed by atoms with Crippen LogP contribution in [0.2, 0.25) is 5.02 Å². The quantitative estimate of drug-likeness (QED) is 0.261. The van der Waals surface area contributed by atoms with Crippen LogP contribution in [0.15, 0.2) is 84.0 Å². The number of phenols is 1. The standard InChI is InChI=1S/C25H21ClN4O3/c1-16(21-4-2-3-5-24(21)31)27-30-25(32)23-14-22(28-29-23)18-8-12-20(13-9-18)33-15-17-6-10-19(26)11-7-17/h2-14,31H,15H2,1H3,(H,28,29)(H,30,32). The van der Waals surface area contributed by atoms with Gasteiger partial charge in [-0.15, -0.1) is 0 Å². The zero-order valence-corrected chi connectivity index (χ0v) is 18.5. The van der Waals surface area contributed by atoms with Crippen molar-refractivity contribution in [3.8, 4) is 22.8 Å². The van der Waals surface area contributed by atoms with Crippen LogP contribution in [0.1, 0.15) is 28.5 Å². The minimum atomic E-state index is -0.438. The summed E-state index contributed by atoms with van der Waals surface area (Å²) >= 11 is 5.90. The van der Waals surface area contributed by atoms with Crippen molar-refractivity contribution in [3.05, 3.63) is 101 Å². The second kappa shape index (κ2) is 10.0. The fourth-order valence-corrected chi connectivity index (χ4v) is 3.22. The zero-order valence-electron chi connectivity index (χ0n) is 17.7. The second-order valence-electron chi connectivity index (χ2n) is 7.26. The van der Waals surface area contributed by atoms with E-state index < -0.39 is 5.91 Å². The summed E-state index contributed by atoms with van der Waals surface area (Å²) in [5.74, 6) is 0.375. The van der Waals surface area contributed by atoms with E-state index in [1.54, 1.807) is 37.3 Å². The van der Waals surface area contributed by atoms with Gasteiger partial charge in [-0.25, -0.2) is 5.43 Å². The first-order chi connectivity index (χ1) is 16.0. The maximum Gasteiger partial charge on any atom is 0.289 e. The predicted octanol–water partition coefficient (Wildman–Crippen LogP) is 5.17. The molecule has 0 radical (unpaired) electrons. The fourth-order valence-electron chi connectivity index (χ4n) is 3.09. The van der Waals surface area contributed by atoms with Gasteiger partial charge in [0.1, 0.15) is 23.8 Å². The highest BCUT2D eigenvalue weighted by atomic mass is 35.5. The van der Waals surface area contributed by atoms with Crippen LogP contribution in [0.4, 0.5) is 0 Å². The van der Waals surface area contributed by atoms with Gasteiger partial charge < -0.3 is 9.84 Å². The molecular weight excluding hydrogens is 440 g/mol. The van der Waals surface area contributed by atoms with Gasteiger partial charge in [0.2, 0.25) is 0 Å². The van der Waals surface area contributed by atoms with E-state index in [4.69, 9.17) is 16.3 Å². The molecule has 4 aromatic rings. The molecule has 0 aliphatic rings. The van der Waals surface area contributed by atoms with Gasteiger partial charge >= 0.3 is 0 Å². The van der Waals surface area contributed by atoms with E-state index in [-0.39, 0.29) is 11.4 Å². The van der Waals surface area contributed by atoms with Gasteiger partial charge in [0.15, 0.2) is 0 Å². The summed E-state index contributed by atoms with van der Waals surface area (Å²) in [5, 5.41) is 21.6. The zero-order chi connectivity index (χ0) is 23.2. The second-order valence-corrected chi connectivity index (χ2v) is 7.70. The molecule has 0 atom stereocenters. The van der Waals surface area contributed by atoms with Crippen molar-refractivity contribution in [1.29, 1.82) is 0 Å². The van der Waals surface area contributed by atoms with Gasteiger partial charge in [-0.05, 0) is 67.1 Å². The highest BCUT2D eigenvalue weighted by molar-refractivity contribution is 6.30. The molecule has 166 valence electrons. The lowest BCUT2D eigenvalue weighted by Gasteiger charge is -2.07. The number of aromatic hydroxyl groups is 1. The minimum Gasteiger partial charge on any atom is -0.507 e. The van der Waals surface area contributed by atoms with Gasteiger partial charge in [-0.2, -0.15) is 10.2 Å². The molecule has 3 N–H and O–H groups in total. The largest absolute Gasteiger partial charge is 0.507 e. The number of carbonyl (C=O) groups is 1. The molecule has 0 spiro atoms. The number of aromatic amines is 1. The van der Waals surface area contributed by atoms with Crippen molar-refractivity contribution in [2.75, 3.05) is 0 Å². The molecule has 0 saturated carbocycles. The number of halogens is 1. The Labute approximate surface area is 195 Å². The smallest absolute Gasteiger partial charge is 0.289 e. The Morgan fingerprint density at radius 2 is 1.82 bits per heavy atom. The van der Waals surface area contributed by atoms with E-state index in [1.807, 2.05) is 48.5 Å². The molecule has 0 fully saturated rings. The molecule has 3 aromatic carbocycles. The van der Waals surface area contributed by atoms with Crippen LogP contribution in [-0.2, 0) is 6.61 Å². The van der Waals surface area contributed by atoms with Crippen LogP contribution in [0.25, 0.3) is 11.3 Å². The molecule has 0 unspecified atom stereocenters. The lowest BCUT2D eigenvalue weighted by atomic mass is 10.1. The number of hydrogen-bond acceptors (Lipinski definition) is 5. The van der Waals surface area contributed by atoms with Crippen molar-refractivity contribution in [3.63, 3.8) is 0 Å². The Kier molecular flexibility index (Phi) is 6.71. The number of hydrogen-bond donors (Lipinski definition) is 3. The first-order valence-electron chi connectivity index (χ1n) is 10.2. The maximum atomic E-state index is 12.4. The number of aromatic nitrogens is 2. The number of hydrazone groups is 1. The third-order valence-electron chi connectivity index (χ3n) is 4.91. The van der Waals surface area contributed by atoms with Crippen molar-refractivity contribution in [2.45, 2.75) is 13.5 Å². The number of amides is 1. The van der Waals surface area contributed by atoms with Crippen LogP contribution >= 0.6 is 11.6 Å². The van der Waals surface area contributed by atoms with Gasteiger partial charge in [0.05, 0.1) is 11.4 Å². The summed E-state index contributed by atoms with van der Waals surface area (Å²) in [6.07, 6.45) is 0. The third kappa shape index (κ3) is 5.58. The van der Waals surface area contributed by atoms with Gasteiger partial charge in [-0.1, -0.05) is 35.9 Å². The molecule has 0 aliphatic heterocycles. The number of para-hydroxylation sites is 1. The normalized spacial score (nSPS) is 11.3. The fraction of sp³-hybridized carbons (Fsp3) is 0.0800. The Balaban J connectivity index is 1.37. The first-order valence-corrected chi connectivity index (χ1v) is 10.5. The number of carbonyl (C=O) groups excluding carboxylic acids is 1. The predicted molar refractivity (Wildman–Crippen MR) is 128 cm³/mol. The van der Waals surface area contributed by atoms with Crippen LogP contribution in [-0.4, -0.2) is 26.9 Å². The Morgan fingerprint density at radius 1 is 1.09 bits per heavy atom. The van der Waals surface area contributed by atoms with E-state index >= 15 is 0 Å². The van der Waals surface area contributed by atoms with Gasteiger partial charge in [0.25, 0.3) is 5.91 Å².